The first-order chi connectivity index (χ1) is 9.22. The van der Waals surface area contributed by atoms with Gasteiger partial charge in [-0.2, -0.15) is 0 Å². The molecule has 0 aliphatic rings. The van der Waals surface area contributed by atoms with Crippen molar-refractivity contribution >= 4 is 5.82 Å². The quantitative estimate of drug-likeness (QED) is 0.716. The highest BCUT2D eigenvalue weighted by Gasteiger charge is 2.09. The number of nitrogens with one attached hydrogen (secondary N) is 1. The molecule has 108 valence electrons. The number of aliphatic hydroxyl groups excluding tert-OH is 1. The van der Waals surface area contributed by atoms with Crippen LogP contribution in [0.15, 0.2) is 17.2 Å². The molecule has 1 heterocycles. The average Bonchev–Trinajstić information content (AvgIpc) is 2.40. The van der Waals surface area contributed by atoms with Gasteiger partial charge < -0.3 is 15.0 Å². The van der Waals surface area contributed by atoms with Crippen LogP contribution in [0.3, 0.4) is 0 Å². The maximum absolute atomic E-state index is 12.1. The third kappa shape index (κ3) is 5.03. The number of hydrogen-bond donors (Lipinski definition) is 2. The predicted molar refractivity (Wildman–Crippen MR) is 77.4 cm³/mol. The third-order valence-electron chi connectivity index (χ3n) is 3.17. The Morgan fingerprint density at radius 1 is 1.37 bits per heavy atom. The largest absolute Gasteiger partial charge is 0.396 e. The number of hydrogen-bond acceptors (Lipinski definition) is 4. The second kappa shape index (κ2) is 8.69. The van der Waals surface area contributed by atoms with E-state index < -0.39 is 0 Å². The number of nitrogens with zero attached hydrogens (tertiary/aromatic N) is 2. The van der Waals surface area contributed by atoms with Crippen molar-refractivity contribution < 1.29 is 5.11 Å². The second-order valence-electron chi connectivity index (χ2n) is 4.82. The molecule has 0 saturated carbocycles. The van der Waals surface area contributed by atoms with Crippen LogP contribution in [0.5, 0.6) is 0 Å². The Bertz CT molecular complexity index is 411. The average molecular weight is 267 g/mol. The fraction of sp³-hybridized carbons (Fsp3) is 0.714. The highest BCUT2D eigenvalue weighted by Crippen LogP contribution is 2.11. The van der Waals surface area contributed by atoms with E-state index in [2.05, 4.69) is 17.2 Å². The van der Waals surface area contributed by atoms with Gasteiger partial charge in [-0.3, -0.25) is 4.79 Å². The minimum Gasteiger partial charge on any atom is -0.396 e. The summed E-state index contributed by atoms with van der Waals surface area (Å²) in [6.45, 7) is 5.75. The molecule has 0 bridgehead atoms. The molecule has 0 spiro atoms. The van der Waals surface area contributed by atoms with Gasteiger partial charge in [-0.25, -0.2) is 4.98 Å². The maximum atomic E-state index is 12.1. The van der Waals surface area contributed by atoms with Crippen LogP contribution in [0, 0.1) is 5.92 Å². The first-order valence-electron chi connectivity index (χ1n) is 7.13. The first kappa shape index (κ1) is 15.7. The Labute approximate surface area is 114 Å². The van der Waals surface area contributed by atoms with Gasteiger partial charge >= 0.3 is 0 Å². The van der Waals surface area contributed by atoms with E-state index in [0.717, 1.165) is 25.7 Å². The number of anilines is 1. The molecule has 0 saturated heterocycles. The zero-order chi connectivity index (χ0) is 14.1. The standard InChI is InChI=1S/C14H25N3O2/c1-3-5-12(6-10-18)11-16-13-14(19)17(8-4-2)9-7-15-13/h7,9,12,18H,3-6,8,10-11H2,1-2H3,(H,15,16). The minimum absolute atomic E-state index is 0.0661. The van der Waals surface area contributed by atoms with Crippen molar-refractivity contribution in [1.82, 2.24) is 9.55 Å². The first-order valence-corrected chi connectivity index (χ1v) is 7.13. The molecule has 19 heavy (non-hydrogen) atoms. The fourth-order valence-corrected chi connectivity index (χ4v) is 2.17. The normalized spacial score (nSPS) is 12.4. The number of rotatable bonds is 9. The van der Waals surface area contributed by atoms with Crippen LogP contribution < -0.4 is 10.9 Å². The lowest BCUT2D eigenvalue weighted by Gasteiger charge is -2.16. The molecular formula is C14H25N3O2. The Kier molecular flexibility index (Phi) is 7.18. The van der Waals surface area contributed by atoms with Crippen LogP contribution in [-0.4, -0.2) is 27.8 Å². The van der Waals surface area contributed by atoms with Crippen LogP contribution in [-0.2, 0) is 6.54 Å². The van der Waals surface area contributed by atoms with Gasteiger partial charge in [-0.15, -0.1) is 0 Å². The Morgan fingerprint density at radius 3 is 2.79 bits per heavy atom. The summed E-state index contributed by atoms with van der Waals surface area (Å²) in [5.74, 6) is 0.797. The van der Waals surface area contributed by atoms with E-state index >= 15 is 0 Å². The Morgan fingerprint density at radius 2 is 2.16 bits per heavy atom. The van der Waals surface area contributed by atoms with E-state index in [9.17, 15) is 4.79 Å². The Hall–Kier alpha value is -1.36. The van der Waals surface area contributed by atoms with Gasteiger partial charge in [-0.1, -0.05) is 20.3 Å². The molecule has 0 radical (unpaired) electrons. The monoisotopic (exact) mass is 267 g/mol. The van der Waals surface area contributed by atoms with Crippen molar-refractivity contribution in [2.24, 2.45) is 5.92 Å². The lowest BCUT2D eigenvalue weighted by atomic mass is 10.0. The summed E-state index contributed by atoms with van der Waals surface area (Å²) in [5.41, 5.74) is -0.0661. The van der Waals surface area contributed by atoms with E-state index in [1.54, 1.807) is 17.0 Å². The topological polar surface area (TPSA) is 67.2 Å². The van der Waals surface area contributed by atoms with E-state index in [1.807, 2.05) is 6.92 Å². The summed E-state index contributed by atoms with van der Waals surface area (Å²) in [4.78, 5) is 16.2. The van der Waals surface area contributed by atoms with Gasteiger partial charge in [0.15, 0.2) is 5.82 Å². The molecule has 1 atom stereocenters. The molecule has 0 aliphatic heterocycles. The van der Waals surface area contributed by atoms with Gasteiger partial charge in [-0.05, 0) is 25.2 Å². The SMILES string of the molecule is CCCC(CCO)CNc1nccn(CCC)c1=O. The summed E-state index contributed by atoms with van der Waals surface area (Å²) in [5, 5.41) is 12.1. The van der Waals surface area contributed by atoms with Crippen molar-refractivity contribution in [1.29, 1.82) is 0 Å². The van der Waals surface area contributed by atoms with Gasteiger partial charge in [0.2, 0.25) is 0 Å². The van der Waals surface area contributed by atoms with E-state index in [1.165, 1.54) is 0 Å². The lowest BCUT2D eigenvalue weighted by Crippen LogP contribution is -2.26. The van der Waals surface area contributed by atoms with Crippen LogP contribution in [0.2, 0.25) is 0 Å². The maximum Gasteiger partial charge on any atom is 0.293 e. The molecule has 5 heteroatoms. The molecule has 2 N–H and O–H groups in total. The molecule has 1 aromatic rings. The number of aromatic nitrogens is 2. The van der Waals surface area contributed by atoms with Gasteiger partial charge in [0.05, 0.1) is 0 Å². The minimum atomic E-state index is -0.0661. The van der Waals surface area contributed by atoms with Crippen LogP contribution >= 0.6 is 0 Å². The van der Waals surface area contributed by atoms with Gasteiger partial charge in [0.1, 0.15) is 0 Å². The zero-order valence-corrected chi connectivity index (χ0v) is 11.9. The fourth-order valence-electron chi connectivity index (χ4n) is 2.17. The molecular weight excluding hydrogens is 242 g/mol. The second-order valence-corrected chi connectivity index (χ2v) is 4.82. The van der Waals surface area contributed by atoms with Crippen molar-refractivity contribution in [3.8, 4) is 0 Å². The molecule has 1 rings (SSSR count). The Balaban J connectivity index is 2.65. The summed E-state index contributed by atoms with van der Waals surface area (Å²) >= 11 is 0. The van der Waals surface area contributed by atoms with E-state index in [0.29, 0.717) is 24.8 Å². The van der Waals surface area contributed by atoms with Crippen LogP contribution in [0.1, 0.15) is 39.5 Å². The van der Waals surface area contributed by atoms with Crippen molar-refractivity contribution in [3.05, 3.63) is 22.7 Å². The molecule has 0 aliphatic carbocycles. The van der Waals surface area contributed by atoms with Crippen molar-refractivity contribution in [2.45, 2.75) is 46.1 Å². The molecule has 5 nitrogen and oxygen atoms in total. The van der Waals surface area contributed by atoms with E-state index in [4.69, 9.17) is 5.11 Å². The molecule has 0 aromatic carbocycles. The van der Waals surface area contributed by atoms with Crippen LogP contribution in [0.4, 0.5) is 5.82 Å². The van der Waals surface area contributed by atoms with E-state index in [-0.39, 0.29) is 12.2 Å². The number of aryl methyl sites for hydroxylation is 1. The molecule has 1 unspecified atom stereocenters. The summed E-state index contributed by atoms with van der Waals surface area (Å²) in [6, 6.07) is 0. The van der Waals surface area contributed by atoms with Gasteiger partial charge in [0.25, 0.3) is 5.56 Å². The van der Waals surface area contributed by atoms with Gasteiger partial charge in [0, 0.05) is 32.1 Å². The number of aliphatic hydroxyl groups is 1. The zero-order valence-electron chi connectivity index (χ0n) is 11.9. The lowest BCUT2D eigenvalue weighted by molar-refractivity contribution is 0.255. The predicted octanol–water partition coefficient (Wildman–Crippen LogP) is 1.86. The summed E-state index contributed by atoms with van der Waals surface area (Å²) < 4.78 is 1.68. The summed E-state index contributed by atoms with van der Waals surface area (Å²) in [6.07, 6.45) is 7.18. The molecule has 1 aromatic heterocycles. The smallest absolute Gasteiger partial charge is 0.293 e. The molecule has 0 amide bonds. The summed E-state index contributed by atoms with van der Waals surface area (Å²) in [7, 11) is 0. The third-order valence-corrected chi connectivity index (χ3v) is 3.17. The van der Waals surface area contributed by atoms with Crippen molar-refractivity contribution in [2.75, 3.05) is 18.5 Å². The van der Waals surface area contributed by atoms with Crippen LogP contribution in [0.25, 0.3) is 0 Å². The van der Waals surface area contributed by atoms with Crippen molar-refractivity contribution in [3.63, 3.8) is 0 Å². The molecule has 0 fully saturated rings. The highest BCUT2D eigenvalue weighted by molar-refractivity contribution is 5.30. The highest BCUT2D eigenvalue weighted by atomic mass is 16.3.